The Kier molecular flexibility index (Phi) is 6.84. The van der Waals surface area contributed by atoms with Crippen LogP contribution in [0, 0.1) is 0 Å². The highest BCUT2D eigenvalue weighted by molar-refractivity contribution is 5.17. The second kappa shape index (κ2) is 9.19. The molecule has 3 heterocycles. The molecule has 0 aliphatic heterocycles. The first kappa shape index (κ1) is 22.3. The highest BCUT2D eigenvalue weighted by Gasteiger charge is 2.22. The third-order valence-electron chi connectivity index (χ3n) is 6.43. The molecule has 6 heteroatoms. The Labute approximate surface area is 181 Å². The summed E-state index contributed by atoms with van der Waals surface area (Å²) in [5.74, 6) is 1.02. The molecule has 0 aromatic carbocycles. The maximum absolute atomic E-state index is 4.63. The molecule has 3 aromatic rings. The third-order valence-corrected chi connectivity index (χ3v) is 6.43. The van der Waals surface area contributed by atoms with Gasteiger partial charge in [0.05, 0.1) is 18.6 Å². The molecule has 0 saturated heterocycles. The van der Waals surface area contributed by atoms with Gasteiger partial charge in [0.1, 0.15) is 0 Å². The van der Waals surface area contributed by atoms with Crippen LogP contribution in [-0.4, -0.2) is 29.3 Å². The molecule has 0 fully saturated rings. The molecule has 0 spiro atoms. The van der Waals surface area contributed by atoms with E-state index in [0.717, 1.165) is 25.8 Å². The molecule has 0 bridgehead atoms. The van der Waals surface area contributed by atoms with Crippen molar-refractivity contribution in [1.82, 2.24) is 29.3 Å². The average Bonchev–Trinajstić information content (AvgIpc) is 3.44. The van der Waals surface area contributed by atoms with E-state index in [-0.39, 0.29) is 5.41 Å². The van der Waals surface area contributed by atoms with Crippen LogP contribution in [0.25, 0.3) is 0 Å². The van der Waals surface area contributed by atoms with Gasteiger partial charge in [0, 0.05) is 38.2 Å². The molecular formula is C24H38N6. The monoisotopic (exact) mass is 410 g/mol. The maximum Gasteiger partial charge on any atom is 0.0527 e. The zero-order valence-electron chi connectivity index (χ0n) is 19.7. The number of aryl methyl sites for hydroxylation is 2. The van der Waals surface area contributed by atoms with Gasteiger partial charge in [-0.3, -0.25) is 14.0 Å². The summed E-state index contributed by atoms with van der Waals surface area (Å²) in [5, 5.41) is 13.5. The fourth-order valence-corrected chi connectivity index (χ4v) is 3.75. The first-order valence-corrected chi connectivity index (χ1v) is 11.2. The molecule has 0 aliphatic rings. The van der Waals surface area contributed by atoms with E-state index in [2.05, 4.69) is 84.8 Å². The van der Waals surface area contributed by atoms with Crippen LogP contribution in [0.5, 0.6) is 0 Å². The van der Waals surface area contributed by atoms with E-state index in [0.29, 0.717) is 17.9 Å². The Morgan fingerprint density at radius 1 is 0.867 bits per heavy atom. The normalized spacial score (nSPS) is 14.4. The molecule has 30 heavy (non-hydrogen) atoms. The van der Waals surface area contributed by atoms with Crippen LogP contribution in [-0.2, 0) is 19.0 Å². The summed E-state index contributed by atoms with van der Waals surface area (Å²) in [7, 11) is 1.97. The molecule has 0 amide bonds. The maximum atomic E-state index is 4.63. The van der Waals surface area contributed by atoms with Gasteiger partial charge in [-0.05, 0) is 60.1 Å². The summed E-state index contributed by atoms with van der Waals surface area (Å²) in [6, 6.07) is 0.412. The smallest absolute Gasteiger partial charge is 0.0527 e. The van der Waals surface area contributed by atoms with Crippen LogP contribution in [0.3, 0.4) is 0 Å². The molecule has 2 atom stereocenters. The highest BCUT2D eigenvalue weighted by atomic mass is 15.3. The summed E-state index contributed by atoms with van der Waals surface area (Å²) >= 11 is 0. The van der Waals surface area contributed by atoms with Crippen molar-refractivity contribution >= 4 is 0 Å². The minimum atomic E-state index is 0.0834. The Balaban J connectivity index is 1.51. The zero-order valence-corrected chi connectivity index (χ0v) is 19.7. The zero-order chi connectivity index (χ0) is 21.9. The van der Waals surface area contributed by atoms with Crippen molar-refractivity contribution in [3.63, 3.8) is 0 Å². The Morgan fingerprint density at radius 3 is 2.23 bits per heavy atom. The van der Waals surface area contributed by atoms with E-state index in [1.54, 1.807) is 0 Å². The summed E-state index contributed by atoms with van der Waals surface area (Å²) < 4.78 is 6.08. The third kappa shape index (κ3) is 5.41. The van der Waals surface area contributed by atoms with Crippen LogP contribution in [0.2, 0.25) is 0 Å². The van der Waals surface area contributed by atoms with E-state index in [9.17, 15) is 0 Å². The molecule has 3 aromatic heterocycles. The number of hydrogen-bond acceptors (Lipinski definition) is 3. The van der Waals surface area contributed by atoms with E-state index in [1.807, 2.05) is 30.3 Å². The predicted octanol–water partition coefficient (Wildman–Crippen LogP) is 5.45. The summed E-state index contributed by atoms with van der Waals surface area (Å²) in [4.78, 5) is 0. The van der Waals surface area contributed by atoms with Crippen LogP contribution in [0.1, 0.15) is 95.4 Å². The lowest BCUT2D eigenvalue weighted by atomic mass is 9.83. The standard InChI is InChI=1S/C24H38N6/c1-18(2)21-12-27-30(16-21)20(4)9-8-19(3)22-13-26-29(15-22)11-10-24(5,6)23-14-25-28(7)17-23/h12-20H,8-11H2,1-7H3. The van der Waals surface area contributed by atoms with Gasteiger partial charge in [0.2, 0.25) is 0 Å². The Hall–Kier alpha value is -2.37. The first-order chi connectivity index (χ1) is 14.2. The number of aromatic nitrogens is 6. The van der Waals surface area contributed by atoms with Gasteiger partial charge in [-0.15, -0.1) is 0 Å². The van der Waals surface area contributed by atoms with Gasteiger partial charge >= 0.3 is 0 Å². The number of hydrogen-bond donors (Lipinski definition) is 0. The average molecular weight is 411 g/mol. The van der Waals surface area contributed by atoms with Gasteiger partial charge in [-0.2, -0.15) is 15.3 Å². The van der Waals surface area contributed by atoms with Crippen LogP contribution in [0.15, 0.2) is 37.2 Å². The number of nitrogens with zero attached hydrogens (tertiary/aromatic N) is 6. The molecule has 3 rings (SSSR count). The second-order valence-electron chi connectivity index (χ2n) is 9.81. The van der Waals surface area contributed by atoms with E-state index in [1.165, 1.54) is 16.7 Å². The van der Waals surface area contributed by atoms with Crippen molar-refractivity contribution in [3.8, 4) is 0 Å². The van der Waals surface area contributed by atoms with Crippen LogP contribution in [0.4, 0.5) is 0 Å². The second-order valence-corrected chi connectivity index (χ2v) is 9.81. The van der Waals surface area contributed by atoms with Crippen molar-refractivity contribution in [2.75, 3.05) is 0 Å². The molecule has 6 nitrogen and oxygen atoms in total. The topological polar surface area (TPSA) is 53.5 Å². The highest BCUT2D eigenvalue weighted by Crippen LogP contribution is 2.28. The van der Waals surface area contributed by atoms with Crippen LogP contribution >= 0.6 is 0 Å². The van der Waals surface area contributed by atoms with Crippen molar-refractivity contribution in [3.05, 3.63) is 53.9 Å². The minimum Gasteiger partial charge on any atom is -0.276 e. The SMILES string of the molecule is CC(C)c1cnn(C(C)CCC(C)c2cnn(CCC(C)(C)c3cnn(C)c3)c2)c1. The largest absolute Gasteiger partial charge is 0.276 e. The molecule has 164 valence electrons. The van der Waals surface area contributed by atoms with Gasteiger partial charge in [-0.1, -0.05) is 34.6 Å². The van der Waals surface area contributed by atoms with Gasteiger partial charge in [0.15, 0.2) is 0 Å². The van der Waals surface area contributed by atoms with Gasteiger partial charge in [0.25, 0.3) is 0 Å². The minimum absolute atomic E-state index is 0.0834. The molecule has 0 N–H and O–H groups in total. The lowest BCUT2D eigenvalue weighted by Gasteiger charge is -2.23. The lowest BCUT2D eigenvalue weighted by molar-refractivity contribution is 0.419. The fourth-order valence-electron chi connectivity index (χ4n) is 3.75. The Morgan fingerprint density at radius 2 is 1.60 bits per heavy atom. The van der Waals surface area contributed by atoms with Gasteiger partial charge < -0.3 is 0 Å². The Bertz CT molecular complexity index is 929. The fraction of sp³-hybridized carbons (Fsp3) is 0.625. The molecule has 2 unspecified atom stereocenters. The summed E-state index contributed by atoms with van der Waals surface area (Å²) in [6.07, 6.45) is 15.8. The summed E-state index contributed by atoms with van der Waals surface area (Å²) in [6.45, 7) is 14.4. The molecule has 0 saturated carbocycles. The quantitative estimate of drug-likeness (QED) is 0.446. The summed E-state index contributed by atoms with van der Waals surface area (Å²) in [5.41, 5.74) is 3.99. The molecular weight excluding hydrogens is 372 g/mol. The van der Waals surface area contributed by atoms with Gasteiger partial charge in [-0.25, -0.2) is 0 Å². The molecule has 0 radical (unpaired) electrons. The van der Waals surface area contributed by atoms with E-state index < -0.39 is 0 Å². The van der Waals surface area contributed by atoms with Crippen LogP contribution < -0.4 is 0 Å². The van der Waals surface area contributed by atoms with Crippen molar-refractivity contribution in [1.29, 1.82) is 0 Å². The van der Waals surface area contributed by atoms with Crippen molar-refractivity contribution in [2.45, 2.75) is 90.6 Å². The van der Waals surface area contributed by atoms with Crippen molar-refractivity contribution < 1.29 is 0 Å². The molecule has 0 aliphatic carbocycles. The lowest BCUT2D eigenvalue weighted by Crippen LogP contribution is -2.19. The predicted molar refractivity (Wildman–Crippen MR) is 122 cm³/mol. The van der Waals surface area contributed by atoms with E-state index in [4.69, 9.17) is 0 Å². The number of rotatable bonds is 10. The first-order valence-electron chi connectivity index (χ1n) is 11.2. The van der Waals surface area contributed by atoms with Crippen molar-refractivity contribution in [2.24, 2.45) is 7.05 Å². The van der Waals surface area contributed by atoms with E-state index >= 15 is 0 Å².